The van der Waals surface area contributed by atoms with Gasteiger partial charge in [-0.05, 0) is 0 Å². The van der Waals surface area contributed by atoms with Gasteiger partial charge in [0.15, 0.2) is 17.0 Å². The lowest BCUT2D eigenvalue weighted by Gasteiger charge is -2.10. The largest absolute Gasteiger partial charge is 0.485 e. The fourth-order valence-corrected chi connectivity index (χ4v) is 2.91. The highest BCUT2D eigenvalue weighted by atomic mass is 32.3. The molecule has 102 valence electrons. The molecule has 2 aliphatic rings. The summed E-state index contributed by atoms with van der Waals surface area (Å²) in [5, 5.41) is 0. The highest BCUT2D eigenvalue weighted by Gasteiger charge is 2.31. The smallest absolute Gasteiger partial charge is 0.382 e. The van der Waals surface area contributed by atoms with Gasteiger partial charge in [-0.3, -0.25) is 4.28 Å². The molecule has 14 heteroatoms. The highest BCUT2D eigenvalue weighted by molar-refractivity contribution is 7.95. The zero-order chi connectivity index (χ0) is 13.8. The van der Waals surface area contributed by atoms with Gasteiger partial charge in [-0.2, -0.15) is 26.8 Å². The Labute approximate surface area is 105 Å². The van der Waals surface area contributed by atoms with Crippen molar-refractivity contribution in [2.24, 2.45) is 0 Å². The number of nitrogens with two attached hydrogens (primary N) is 1. The monoisotopic (exact) mass is 309 g/mol. The molecule has 0 radical (unpaired) electrons. The Bertz CT molecular complexity index is 884. The molecule has 2 aliphatic heterocycles. The molecule has 0 atom stereocenters. The van der Waals surface area contributed by atoms with Crippen LogP contribution in [0, 0.1) is 0 Å². The Morgan fingerprint density at radius 1 is 1.16 bits per heavy atom. The molecule has 4 bridgehead atoms. The summed E-state index contributed by atoms with van der Waals surface area (Å²) in [5.41, 5.74) is 5.31. The summed E-state index contributed by atoms with van der Waals surface area (Å²) in [6, 6.07) is -0.729. The zero-order valence-electron chi connectivity index (χ0n) is 8.62. The minimum Gasteiger partial charge on any atom is -0.382 e. The zero-order valence-corrected chi connectivity index (χ0v) is 10.3. The van der Waals surface area contributed by atoms with Gasteiger partial charge in [0.1, 0.15) is 6.33 Å². The first-order chi connectivity index (χ1) is 8.76. The van der Waals surface area contributed by atoms with Crippen LogP contribution in [-0.4, -0.2) is 36.5 Å². The maximum atomic E-state index is 11.3. The molecular weight excluding hydrogens is 306 g/mol. The second-order valence-corrected chi connectivity index (χ2v) is 5.67. The number of anilines is 1. The summed E-state index contributed by atoms with van der Waals surface area (Å²) < 4.78 is 58.0. The molecule has 0 aliphatic carbocycles. The number of nitrogens with zero attached hydrogens (tertiary/aromatic N) is 4. The van der Waals surface area contributed by atoms with E-state index in [9.17, 15) is 16.8 Å². The fraction of sp³-hybridized carbons (Fsp3) is 0. The van der Waals surface area contributed by atoms with E-state index in [4.69, 9.17) is 5.73 Å². The van der Waals surface area contributed by atoms with Gasteiger partial charge in [0.2, 0.25) is 0 Å². The van der Waals surface area contributed by atoms with Crippen LogP contribution in [0.1, 0.15) is 0 Å². The van der Waals surface area contributed by atoms with E-state index in [0.29, 0.717) is 4.73 Å². The Kier molecular flexibility index (Phi) is 2.14. The molecule has 0 fully saturated rings. The maximum Gasteiger partial charge on any atom is 0.485 e. The van der Waals surface area contributed by atoms with Crippen LogP contribution in [-0.2, 0) is 24.4 Å². The van der Waals surface area contributed by atoms with Crippen molar-refractivity contribution in [3.8, 4) is 6.01 Å². The molecule has 4 rings (SSSR count). The normalized spacial score (nSPS) is 20.0. The lowest BCUT2D eigenvalue weighted by atomic mass is 10.5. The van der Waals surface area contributed by atoms with E-state index < -0.39 is 26.8 Å². The van der Waals surface area contributed by atoms with Crippen LogP contribution in [0.15, 0.2) is 6.33 Å². The van der Waals surface area contributed by atoms with E-state index in [-0.39, 0.29) is 17.0 Å². The van der Waals surface area contributed by atoms with E-state index in [2.05, 4.69) is 27.0 Å². The number of fused-ring (bicyclic) bond motifs is 5. The molecule has 0 amide bonds. The molecule has 0 saturated carbocycles. The predicted octanol–water partition coefficient (Wildman–Crippen LogP) is -2.26. The summed E-state index contributed by atoms with van der Waals surface area (Å²) in [7, 11) is -9.93. The van der Waals surface area contributed by atoms with Crippen LogP contribution in [0.5, 0.6) is 6.01 Å². The van der Waals surface area contributed by atoms with Gasteiger partial charge < -0.3 is 9.92 Å². The van der Waals surface area contributed by atoms with E-state index in [1.807, 2.05) is 0 Å². The molecule has 0 aromatic carbocycles. The van der Waals surface area contributed by atoms with E-state index >= 15 is 0 Å². The Hall–Kier alpha value is -2.19. The van der Waals surface area contributed by atoms with E-state index in [1.54, 1.807) is 0 Å². The van der Waals surface area contributed by atoms with Gasteiger partial charge >= 0.3 is 26.8 Å². The summed E-state index contributed by atoms with van der Waals surface area (Å²) in [4.78, 5) is 10.8. The molecule has 2 N–H and O–H groups in total. The average Bonchev–Trinajstić information content (AvgIpc) is 2.56. The summed E-state index contributed by atoms with van der Waals surface area (Å²) >= 11 is 0. The number of imidazole rings is 1. The standard InChI is InChI=1S/C5H3N5O7S2/c6-3-2-4-7-1-10(2)16-19(13,14)17-18(11,12)15-5(8-3)9-4/h1H,(H2,6,8,9). The predicted molar refractivity (Wildman–Crippen MR) is 55.9 cm³/mol. The lowest BCUT2D eigenvalue weighted by Crippen LogP contribution is -2.28. The Balaban J connectivity index is 2.38. The van der Waals surface area contributed by atoms with Crippen molar-refractivity contribution in [2.45, 2.75) is 0 Å². The van der Waals surface area contributed by atoms with Crippen LogP contribution >= 0.6 is 0 Å². The molecule has 12 nitrogen and oxygen atoms in total. The molecule has 19 heavy (non-hydrogen) atoms. The van der Waals surface area contributed by atoms with Crippen molar-refractivity contribution in [3.05, 3.63) is 6.33 Å². The fourth-order valence-electron chi connectivity index (χ4n) is 1.32. The maximum absolute atomic E-state index is 11.3. The van der Waals surface area contributed by atoms with Crippen LogP contribution in [0.4, 0.5) is 5.82 Å². The Morgan fingerprint density at radius 3 is 2.63 bits per heavy atom. The van der Waals surface area contributed by atoms with Crippen molar-refractivity contribution < 1.29 is 28.9 Å². The SMILES string of the molecule is Nc1nc2nc3ncn(c13)OS(=O)(=O)OS(=O)(=O)O2. The third-order valence-electron chi connectivity index (χ3n) is 1.89. The van der Waals surface area contributed by atoms with Gasteiger partial charge in [-0.25, -0.2) is 4.98 Å². The van der Waals surface area contributed by atoms with Crippen molar-refractivity contribution in [1.29, 1.82) is 0 Å². The number of aromatic nitrogens is 4. The minimum atomic E-state index is -4.98. The second-order valence-electron chi connectivity index (χ2n) is 3.18. The van der Waals surface area contributed by atoms with Gasteiger partial charge in [-0.15, -0.1) is 4.73 Å². The van der Waals surface area contributed by atoms with Gasteiger partial charge in [-0.1, -0.05) is 3.63 Å². The van der Waals surface area contributed by atoms with Crippen molar-refractivity contribution in [3.63, 3.8) is 0 Å². The number of rotatable bonds is 0. The van der Waals surface area contributed by atoms with Crippen molar-refractivity contribution >= 4 is 37.8 Å². The van der Waals surface area contributed by atoms with Crippen LogP contribution in [0.2, 0.25) is 0 Å². The van der Waals surface area contributed by atoms with Gasteiger partial charge in [0.25, 0.3) is 0 Å². The van der Waals surface area contributed by atoms with Crippen LogP contribution in [0.3, 0.4) is 0 Å². The Morgan fingerprint density at radius 2 is 1.89 bits per heavy atom. The highest BCUT2D eigenvalue weighted by Crippen LogP contribution is 2.22. The number of hydrogen-bond acceptors (Lipinski definition) is 11. The summed E-state index contributed by atoms with van der Waals surface area (Å²) in [6.45, 7) is 0. The van der Waals surface area contributed by atoms with E-state index in [1.165, 1.54) is 0 Å². The minimum absolute atomic E-state index is 0.0844. The molecule has 0 unspecified atom stereocenters. The van der Waals surface area contributed by atoms with Gasteiger partial charge in [0.05, 0.1) is 0 Å². The molecule has 0 saturated heterocycles. The molecule has 4 heterocycles. The molecule has 0 spiro atoms. The molecular formula is C5H3N5O7S2. The summed E-state index contributed by atoms with van der Waals surface area (Å²) in [6.07, 6.45) is 0.901. The molecule has 2 aromatic heterocycles. The van der Waals surface area contributed by atoms with E-state index in [0.717, 1.165) is 6.33 Å². The number of hydrogen-bond donors (Lipinski definition) is 1. The van der Waals surface area contributed by atoms with Crippen LogP contribution in [0.25, 0.3) is 11.2 Å². The quantitative estimate of drug-likeness (QED) is 0.557. The third kappa shape index (κ3) is 2.00. The van der Waals surface area contributed by atoms with Crippen LogP contribution < -0.4 is 14.2 Å². The average molecular weight is 309 g/mol. The summed E-state index contributed by atoms with van der Waals surface area (Å²) in [5.74, 6) is -0.287. The van der Waals surface area contributed by atoms with Crippen molar-refractivity contribution in [1.82, 2.24) is 19.7 Å². The van der Waals surface area contributed by atoms with Gasteiger partial charge in [0, 0.05) is 0 Å². The first kappa shape index (κ1) is 11.9. The third-order valence-corrected chi connectivity index (χ3v) is 3.92. The number of nitrogen functional groups attached to an aromatic ring is 1. The topological polar surface area (TPSA) is 166 Å². The first-order valence-electron chi connectivity index (χ1n) is 4.37. The lowest BCUT2D eigenvalue weighted by molar-refractivity contribution is 0.245. The van der Waals surface area contributed by atoms with Crippen molar-refractivity contribution in [2.75, 3.05) is 5.73 Å². The first-order valence-corrected chi connectivity index (χ1v) is 7.03. The second kappa shape index (κ2) is 3.43. The molecule has 2 aromatic rings.